The molecule has 94 valence electrons. The van der Waals surface area contributed by atoms with Crippen molar-refractivity contribution in [3.8, 4) is 6.07 Å². The molecule has 18 heavy (non-hydrogen) atoms. The van der Waals surface area contributed by atoms with E-state index in [1.54, 1.807) is 32.0 Å². The molecule has 4 heteroatoms. The molecule has 0 heterocycles. The van der Waals surface area contributed by atoms with E-state index < -0.39 is 5.97 Å². The molecule has 0 radical (unpaired) electrons. The molecule has 0 aliphatic rings. The van der Waals surface area contributed by atoms with Gasteiger partial charge in [-0.15, -0.1) is 0 Å². The molecule has 0 saturated carbocycles. The highest BCUT2D eigenvalue weighted by molar-refractivity contribution is 5.96. The number of ether oxygens (including phenoxy) is 1. The minimum absolute atomic E-state index is 0.00963. The van der Waals surface area contributed by atoms with E-state index in [1.165, 1.54) is 0 Å². The molecule has 0 saturated heterocycles. The van der Waals surface area contributed by atoms with Gasteiger partial charge < -0.3 is 4.74 Å². The summed E-state index contributed by atoms with van der Waals surface area (Å²) in [5.41, 5.74) is 1.46. The highest BCUT2D eigenvalue weighted by atomic mass is 16.5. The number of hydrogen-bond donors (Lipinski definition) is 0. The van der Waals surface area contributed by atoms with E-state index in [1.807, 2.05) is 6.07 Å². The van der Waals surface area contributed by atoms with E-state index in [0.717, 1.165) is 0 Å². The normalized spacial score (nSPS) is 9.61. The Hall–Kier alpha value is -2.15. The summed E-state index contributed by atoms with van der Waals surface area (Å²) in [4.78, 5) is 23.0. The zero-order chi connectivity index (χ0) is 13.5. The van der Waals surface area contributed by atoms with Gasteiger partial charge in [-0.1, -0.05) is 13.0 Å². The largest absolute Gasteiger partial charge is 0.466 e. The van der Waals surface area contributed by atoms with Crippen LogP contribution in [0.5, 0.6) is 0 Å². The number of nitriles is 1. The third kappa shape index (κ3) is 3.42. The SMILES string of the molecule is CCOC(=O)Cc1cc(C(=O)CC)ccc1C#N. The van der Waals surface area contributed by atoms with Gasteiger partial charge >= 0.3 is 5.97 Å². The molecule has 1 aromatic carbocycles. The van der Waals surface area contributed by atoms with Crippen LogP contribution in [0, 0.1) is 11.3 Å². The van der Waals surface area contributed by atoms with Crippen LogP contribution in [0.25, 0.3) is 0 Å². The maximum absolute atomic E-state index is 11.6. The van der Waals surface area contributed by atoms with E-state index in [0.29, 0.717) is 29.7 Å². The molecule has 0 amide bonds. The summed E-state index contributed by atoms with van der Waals surface area (Å²) in [6.45, 7) is 3.79. The van der Waals surface area contributed by atoms with E-state index in [-0.39, 0.29) is 12.2 Å². The first kappa shape index (κ1) is 13.9. The molecule has 0 bridgehead atoms. The summed E-state index contributed by atoms with van der Waals surface area (Å²) in [5, 5.41) is 8.96. The summed E-state index contributed by atoms with van der Waals surface area (Å²) in [6.07, 6.45) is 0.409. The monoisotopic (exact) mass is 245 g/mol. The Balaban J connectivity index is 3.03. The van der Waals surface area contributed by atoms with E-state index in [4.69, 9.17) is 10.00 Å². The number of carbonyl (C=O) groups is 2. The number of benzene rings is 1. The van der Waals surface area contributed by atoms with Crippen molar-refractivity contribution in [2.75, 3.05) is 6.61 Å². The highest BCUT2D eigenvalue weighted by Crippen LogP contribution is 2.14. The highest BCUT2D eigenvalue weighted by Gasteiger charge is 2.12. The van der Waals surface area contributed by atoms with Crippen molar-refractivity contribution in [1.29, 1.82) is 5.26 Å². The van der Waals surface area contributed by atoms with Gasteiger partial charge in [-0.3, -0.25) is 9.59 Å². The second-order valence-corrected chi connectivity index (χ2v) is 3.74. The first-order chi connectivity index (χ1) is 8.62. The van der Waals surface area contributed by atoms with Crippen molar-refractivity contribution in [2.45, 2.75) is 26.7 Å². The van der Waals surface area contributed by atoms with Crippen molar-refractivity contribution in [2.24, 2.45) is 0 Å². The van der Waals surface area contributed by atoms with Crippen LogP contribution < -0.4 is 0 Å². The number of rotatable bonds is 5. The molecule has 0 fully saturated rings. The van der Waals surface area contributed by atoms with Crippen LogP contribution >= 0.6 is 0 Å². The third-order valence-corrected chi connectivity index (χ3v) is 2.51. The van der Waals surface area contributed by atoms with Crippen LogP contribution in [0.15, 0.2) is 18.2 Å². The Bertz CT molecular complexity index is 500. The molecule has 0 aliphatic heterocycles. The molecule has 0 N–H and O–H groups in total. The van der Waals surface area contributed by atoms with Crippen LogP contribution in [-0.2, 0) is 16.0 Å². The minimum Gasteiger partial charge on any atom is -0.466 e. The fourth-order valence-corrected chi connectivity index (χ4v) is 1.59. The Kier molecular flexibility index (Phi) is 5.06. The first-order valence-corrected chi connectivity index (χ1v) is 5.84. The summed E-state index contributed by atoms with van der Waals surface area (Å²) in [6, 6.07) is 6.78. The lowest BCUT2D eigenvalue weighted by Gasteiger charge is -2.06. The van der Waals surface area contributed by atoms with Gasteiger partial charge in [-0.2, -0.15) is 5.26 Å². The molecule has 0 unspecified atom stereocenters. The molecular formula is C14H15NO3. The zero-order valence-corrected chi connectivity index (χ0v) is 10.5. The standard InChI is InChI=1S/C14H15NO3/c1-3-13(16)10-5-6-11(9-15)12(7-10)8-14(17)18-4-2/h5-7H,3-4,8H2,1-2H3. The minimum atomic E-state index is -0.393. The van der Waals surface area contributed by atoms with Gasteiger partial charge in [-0.25, -0.2) is 0 Å². The van der Waals surface area contributed by atoms with Crippen LogP contribution in [-0.4, -0.2) is 18.4 Å². The number of ketones is 1. The molecule has 0 aromatic heterocycles. The van der Waals surface area contributed by atoms with Crippen LogP contribution in [0.3, 0.4) is 0 Å². The molecular weight excluding hydrogens is 230 g/mol. The number of carbonyl (C=O) groups excluding carboxylic acids is 2. The van der Waals surface area contributed by atoms with Crippen LogP contribution in [0.4, 0.5) is 0 Å². The maximum atomic E-state index is 11.6. The average Bonchev–Trinajstić information content (AvgIpc) is 2.38. The second kappa shape index (κ2) is 6.55. The lowest BCUT2D eigenvalue weighted by atomic mass is 9.99. The summed E-state index contributed by atoms with van der Waals surface area (Å²) in [5.74, 6) is -0.403. The first-order valence-electron chi connectivity index (χ1n) is 5.84. The Morgan fingerprint density at radius 1 is 1.33 bits per heavy atom. The summed E-state index contributed by atoms with van der Waals surface area (Å²) >= 11 is 0. The van der Waals surface area contributed by atoms with E-state index in [2.05, 4.69) is 0 Å². The van der Waals surface area contributed by atoms with E-state index in [9.17, 15) is 9.59 Å². The van der Waals surface area contributed by atoms with Gasteiger partial charge in [0.25, 0.3) is 0 Å². The van der Waals surface area contributed by atoms with Crippen molar-refractivity contribution in [3.63, 3.8) is 0 Å². The summed E-state index contributed by atoms with van der Waals surface area (Å²) < 4.78 is 4.84. The van der Waals surface area contributed by atoms with Gasteiger partial charge in [0, 0.05) is 12.0 Å². The second-order valence-electron chi connectivity index (χ2n) is 3.74. The van der Waals surface area contributed by atoms with Gasteiger partial charge in [0.1, 0.15) is 0 Å². The Morgan fingerprint density at radius 3 is 2.61 bits per heavy atom. The fraction of sp³-hybridized carbons (Fsp3) is 0.357. The number of esters is 1. The molecule has 0 spiro atoms. The summed E-state index contributed by atoms with van der Waals surface area (Å²) in [7, 11) is 0. The van der Waals surface area contributed by atoms with Gasteiger partial charge in [-0.05, 0) is 24.6 Å². The van der Waals surface area contributed by atoms with Gasteiger partial charge in [0.05, 0.1) is 24.7 Å². The molecule has 0 atom stereocenters. The quantitative estimate of drug-likeness (QED) is 0.589. The van der Waals surface area contributed by atoms with Crippen LogP contribution in [0.2, 0.25) is 0 Å². The number of Topliss-reactive ketones (excluding diaryl/α,β-unsaturated/α-hetero) is 1. The average molecular weight is 245 g/mol. The topological polar surface area (TPSA) is 67.2 Å². The Labute approximate surface area is 106 Å². The third-order valence-electron chi connectivity index (χ3n) is 2.51. The van der Waals surface area contributed by atoms with Crippen molar-refractivity contribution < 1.29 is 14.3 Å². The lowest BCUT2D eigenvalue weighted by Crippen LogP contribution is -2.09. The molecule has 0 aliphatic carbocycles. The Morgan fingerprint density at radius 2 is 2.06 bits per heavy atom. The molecule has 1 rings (SSSR count). The smallest absolute Gasteiger partial charge is 0.310 e. The zero-order valence-electron chi connectivity index (χ0n) is 10.5. The van der Waals surface area contributed by atoms with Crippen LogP contribution in [0.1, 0.15) is 41.8 Å². The van der Waals surface area contributed by atoms with Gasteiger partial charge in [0.15, 0.2) is 5.78 Å². The molecule has 1 aromatic rings. The lowest BCUT2D eigenvalue weighted by molar-refractivity contribution is -0.142. The predicted octanol–water partition coefficient (Wildman–Crippen LogP) is 2.26. The maximum Gasteiger partial charge on any atom is 0.310 e. The van der Waals surface area contributed by atoms with Gasteiger partial charge in [0.2, 0.25) is 0 Å². The number of hydrogen-bond acceptors (Lipinski definition) is 4. The fourth-order valence-electron chi connectivity index (χ4n) is 1.59. The van der Waals surface area contributed by atoms with Crippen molar-refractivity contribution >= 4 is 11.8 Å². The van der Waals surface area contributed by atoms with Crippen molar-refractivity contribution in [3.05, 3.63) is 34.9 Å². The predicted molar refractivity (Wildman–Crippen MR) is 66.1 cm³/mol. The number of nitrogens with zero attached hydrogens (tertiary/aromatic N) is 1. The van der Waals surface area contributed by atoms with E-state index >= 15 is 0 Å². The molecule has 4 nitrogen and oxygen atoms in total. The van der Waals surface area contributed by atoms with Crippen molar-refractivity contribution in [1.82, 2.24) is 0 Å².